The number of amides is 1. The Bertz CT molecular complexity index is 889. The normalized spacial score (nSPS) is 23.2. The number of hydrogen-bond acceptors (Lipinski definition) is 8. The lowest BCUT2D eigenvalue weighted by Crippen LogP contribution is -2.60. The Balaban J connectivity index is 2.52. The number of aliphatic hydroxyl groups is 5. The van der Waals surface area contributed by atoms with Gasteiger partial charge in [0.2, 0.25) is 5.91 Å². The van der Waals surface area contributed by atoms with E-state index in [4.69, 9.17) is 9.47 Å². The van der Waals surface area contributed by atoms with Crippen LogP contribution in [0.5, 0.6) is 0 Å². The highest BCUT2D eigenvalue weighted by Gasteiger charge is 2.44. The summed E-state index contributed by atoms with van der Waals surface area (Å²) in [7, 11) is 0. The summed E-state index contributed by atoms with van der Waals surface area (Å²) in [4.78, 5) is 12.8. The highest BCUT2D eigenvalue weighted by Crippen LogP contribution is 2.22. The van der Waals surface area contributed by atoms with Gasteiger partial charge < -0.3 is 40.3 Å². The smallest absolute Gasteiger partial charge is 0.220 e. The summed E-state index contributed by atoms with van der Waals surface area (Å²) < 4.78 is 11.1. The van der Waals surface area contributed by atoms with Gasteiger partial charge in [-0.15, -0.1) is 0 Å². The van der Waals surface area contributed by atoms with Gasteiger partial charge in [0.05, 0.1) is 25.4 Å². The minimum Gasteiger partial charge on any atom is -0.394 e. The van der Waals surface area contributed by atoms with Crippen LogP contribution in [0.3, 0.4) is 0 Å². The molecule has 0 aromatic carbocycles. The van der Waals surface area contributed by atoms with E-state index in [0.29, 0.717) is 6.42 Å². The summed E-state index contributed by atoms with van der Waals surface area (Å²) in [6, 6.07) is -0.829. The first kappa shape index (κ1) is 44.2. The number of allylic oxidation sites excluding steroid dienone is 7. The van der Waals surface area contributed by atoms with Crippen molar-refractivity contribution in [3.05, 3.63) is 48.6 Å². The number of ether oxygens (including phenoxy) is 2. The van der Waals surface area contributed by atoms with Gasteiger partial charge in [0.25, 0.3) is 0 Å². The summed E-state index contributed by atoms with van der Waals surface area (Å²) in [5.74, 6) is -0.208. The second-order valence-electron chi connectivity index (χ2n) is 13.0. The number of aliphatic hydroxyl groups excluding tert-OH is 5. The van der Waals surface area contributed by atoms with Gasteiger partial charge in [0.15, 0.2) is 6.29 Å². The molecule has 7 unspecified atom stereocenters. The lowest BCUT2D eigenvalue weighted by atomic mass is 9.99. The van der Waals surface area contributed by atoms with Crippen LogP contribution in [0.2, 0.25) is 0 Å². The number of nitrogens with one attached hydrogen (secondary N) is 1. The summed E-state index contributed by atoms with van der Waals surface area (Å²) in [5.41, 5.74) is 0. The van der Waals surface area contributed by atoms with E-state index in [1.54, 1.807) is 6.08 Å². The molecule has 6 N–H and O–H groups in total. The largest absolute Gasteiger partial charge is 0.394 e. The van der Waals surface area contributed by atoms with Crippen molar-refractivity contribution in [1.82, 2.24) is 5.32 Å². The third-order valence-electron chi connectivity index (χ3n) is 8.58. The van der Waals surface area contributed by atoms with Gasteiger partial charge in [-0.05, 0) is 64.2 Å². The van der Waals surface area contributed by atoms with Crippen LogP contribution in [-0.2, 0) is 14.3 Å². The molecule has 0 aromatic heterocycles. The van der Waals surface area contributed by atoms with Crippen molar-refractivity contribution < 1.29 is 39.8 Å². The van der Waals surface area contributed by atoms with Crippen molar-refractivity contribution in [2.45, 2.75) is 179 Å². The molecule has 1 aliphatic heterocycles. The van der Waals surface area contributed by atoms with E-state index in [9.17, 15) is 30.3 Å². The van der Waals surface area contributed by atoms with Crippen molar-refractivity contribution >= 4 is 5.91 Å². The van der Waals surface area contributed by atoms with Crippen LogP contribution in [-0.4, -0.2) is 87.5 Å². The molecule has 9 heteroatoms. The third kappa shape index (κ3) is 21.3. The van der Waals surface area contributed by atoms with Crippen molar-refractivity contribution in [1.29, 1.82) is 0 Å². The number of carbonyl (C=O) groups is 1. The minimum absolute atomic E-state index is 0.208. The van der Waals surface area contributed by atoms with Gasteiger partial charge >= 0.3 is 0 Å². The molecule has 1 heterocycles. The summed E-state index contributed by atoms with van der Waals surface area (Å²) in [6.45, 7) is 3.62. The Morgan fingerprint density at radius 3 is 1.83 bits per heavy atom. The number of rotatable bonds is 29. The van der Waals surface area contributed by atoms with Crippen LogP contribution >= 0.6 is 0 Å². The van der Waals surface area contributed by atoms with Crippen molar-refractivity contribution in [2.75, 3.05) is 13.2 Å². The van der Waals surface area contributed by atoms with Gasteiger partial charge in [-0.2, -0.15) is 0 Å². The molecule has 48 heavy (non-hydrogen) atoms. The molecule has 278 valence electrons. The second kappa shape index (κ2) is 30.0. The molecular formula is C39H69NO8. The van der Waals surface area contributed by atoms with E-state index in [1.807, 2.05) is 6.08 Å². The van der Waals surface area contributed by atoms with Crippen molar-refractivity contribution in [3.8, 4) is 0 Å². The Hall–Kier alpha value is -1.85. The van der Waals surface area contributed by atoms with E-state index in [0.717, 1.165) is 77.0 Å². The monoisotopic (exact) mass is 680 g/mol. The first-order valence-electron chi connectivity index (χ1n) is 18.9. The standard InChI is InChI=1S/C39H69NO8/c1-3-5-7-9-11-13-15-16-17-18-19-20-22-24-26-28-33(42)32(31-47-39-38(46)37(45)36(44)34(30-41)48-39)40-35(43)29-27-25-23-21-14-12-10-8-6-4-2/h8,10,15-16,19-20,26,28,32-34,36-39,41-42,44-46H,3-7,9,11-14,17-18,21-25,27,29-31H2,1-2H3,(H,40,43)/b10-8-,16-15+,20-19+,28-26+. The molecule has 0 bridgehead atoms. The number of unbranched alkanes of at least 4 members (excludes halogenated alkanes) is 13. The van der Waals surface area contributed by atoms with Crippen LogP contribution < -0.4 is 5.32 Å². The molecule has 0 saturated carbocycles. The summed E-state index contributed by atoms with van der Waals surface area (Å²) in [6.07, 6.45) is 28.7. The van der Waals surface area contributed by atoms with Gasteiger partial charge in [0, 0.05) is 6.42 Å². The average Bonchev–Trinajstić information content (AvgIpc) is 3.08. The van der Waals surface area contributed by atoms with Crippen LogP contribution in [0, 0.1) is 0 Å². The van der Waals surface area contributed by atoms with Gasteiger partial charge in [-0.25, -0.2) is 0 Å². The number of hydrogen-bond donors (Lipinski definition) is 6. The molecule has 1 amide bonds. The molecule has 7 atom stereocenters. The second-order valence-corrected chi connectivity index (χ2v) is 13.0. The van der Waals surface area contributed by atoms with E-state index < -0.39 is 49.5 Å². The zero-order valence-corrected chi connectivity index (χ0v) is 30.0. The Morgan fingerprint density at radius 2 is 1.23 bits per heavy atom. The molecule has 1 rings (SSSR count). The van der Waals surface area contributed by atoms with Crippen molar-refractivity contribution in [3.63, 3.8) is 0 Å². The SMILES string of the molecule is CCC/C=C\CCCCCCCC(=O)NC(COC1OC(CO)C(O)C(O)C1O)C(O)/C=C/CC/C=C/CC/C=C/CCCCCCC. The maximum Gasteiger partial charge on any atom is 0.220 e. The Labute approximate surface area is 291 Å². The van der Waals surface area contributed by atoms with Crippen LogP contribution in [0.25, 0.3) is 0 Å². The fraction of sp³-hybridized carbons (Fsp3) is 0.769. The third-order valence-corrected chi connectivity index (χ3v) is 8.58. The molecule has 0 spiro atoms. The Kier molecular flexibility index (Phi) is 27.6. The Morgan fingerprint density at radius 1 is 0.688 bits per heavy atom. The first-order valence-corrected chi connectivity index (χ1v) is 18.9. The van der Waals surface area contributed by atoms with Crippen LogP contribution in [0.1, 0.15) is 136 Å². The van der Waals surface area contributed by atoms with E-state index in [2.05, 4.69) is 55.6 Å². The van der Waals surface area contributed by atoms with Gasteiger partial charge in [-0.3, -0.25) is 4.79 Å². The zero-order valence-electron chi connectivity index (χ0n) is 30.0. The molecule has 0 aromatic rings. The predicted octanol–water partition coefficient (Wildman–Crippen LogP) is 6.33. The molecule has 1 fully saturated rings. The average molecular weight is 680 g/mol. The quantitative estimate of drug-likeness (QED) is 0.0397. The van der Waals surface area contributed by atoms with Crippen molar-refractivity contribution in [2.24, 2.45) is 0 Å². The molecule has 1 aliphatic rings. The van der Waals surface area contributed by atoms with Crippen LogP contribution in [0.4, 0.5) is 0 Å². The summed E-state index contributed by atoms with van der Waals surface area (Å²) >= 11 is 0. The molecule has 0 aliphatic carbocycles. The maximum atomic E-state index is 12.8. The summed E-state index contributed by atoms with van der Waals surface area (Å²) in [5, 5.41) is 53.8. The zero-order chi connectivity index (χ0) is 35.2. The predicted molar refractivity (Wildman–Crippen MR) is 193 cm³/mol. The topological polar surface area (TPSA) is 149 Å². The molecule has 0 radical (unpaired) electrons. The minimum atomic E-state index is -1.57. The maximum absolute atomic E-state index is 12.8. The van der Waals surface area contributed by atoms with E-state index >= 15 is 0 Å². The highest BCUT2D eigenvalue weighted by atomic mass is 16.7. The fourth-order valence-corrected chi connectivity index (χ4v) is 5.48. The molecule has 9 nitrogen and oxygen atoms in total. The van der Waals surface area contributed by atoms with Crippen LogP contribution in [0.15, 0.2) is 48.6 Å². The molecular weight excluding hydrogens is 610 g/mol. The number of carbonyl (C=O) groups excluding carboxylic acids is 1. The highest BCUT2D eigenvalue weighted by molar-refractivity contribution is 5.76. The van der Waals surface area contributed by atoms with Gasteiger partial charge in [0.1, 0.15) is 24.4 Å². The van der Waals surface area contributed by atoms with E-state index in [1.165, 1.54) is 38.5 Å². The lowest BCUT2D eigenvalue weighted by molar-refractivity contribution is -0.302. The first-order chi connectivity index (χ1) is 23.3. The van der Waals surface area contributed by atoms with Gasteiger partial charge in [-0.1, -0.05) is 114 Å². The van der Waals surface area contributed by atoms with E-state index in [-0.39, 0.29) is 12.5 Å². The fourth-order valence-electron chi connectivity index (χ4n) is 5.48. The lowest BCUT2D eigenvalue weighted by Gasteiger charge is -2.40. The molecule has 1 saturated heterocycles.